The molecule has 7 rings (SSSR count). The van der Waals surface area contributed by atoms with Crippen LogP contribution in [0.25, 0.3) is 0 Å². The molecule has 7 heteroatoms. The Labute approximate surface area is 250 Å². The van der Waals surface area contributed by atoms with Crippen LogP contribution in [0.5, 0.6) is 5.75 Å². The van der Waals surface area contributed by atoms with Gasteiger partial charge in [0.2, 0.25) is 10.0 Å². The van der Waals surface area contributed by atoms with Gasteiger partial charge in [-0.25, -0.2) is 13.1 Å². The maximum Gasteiger partial charge on any atom is 0.216 e. The van der Waals surface area contributed by atoms with E-state index in [1.165, 1.54) is 11.1 Å². The number of benzene rings is 3. The fraction of sp³-hybridized carbons (Fsp3) is 0.486. The number of hydrogen-bond donors (Lipinski definition) is 2. The molecule has 0 unspecified atom stereocenters. The zero-order valence-electron chi connectivity index (χ0n) is 24.6. The summed E-state index contributed by atoms with van der Waals surface area (Å²) in [4.78, 5) is 2.49. The van der Waals surface area contributed by atoms with Crippen molar-refractivity contribution in [2.45, 2.75) is 87.3 Å². The smallest absolute Gasteiger partial charge is 0.216 e. The Morgan fingerprint density at radius 1 is 1.00 bits per heavy atom. The zero-order chi connectivity index (χ0) is 29.1. The lowest BCUT2D eigenvalue weighted by atomic mass is 9.48. The number of nitrogens with zero attached hydrogens (tertiary/aromatic N) is 1. The maximum atomic E-state index is 13.7. The predicted molar refractivity (Wildman–Crippen MR) is 165 cm³/mol. The van der Waals surface area contributed by atoms with Gasteiger partial charge in [-0.3, -0.25) is 4.90 Å². The molecule has 1 spiro atoms. The number of piperidine rings is 1. The van der Waals surface area contributed by atoms with Crippen molar-refractivity contribution in [2.75, 3.05) is 13.1 Å². The van der Waals surface area contributed by atoms with Gasteiger partial charge in [0.15, 0.2) is 0 Å². The number of aliphatic hydroxyl groups is 1. The molecular formula is C35H42N2O4S. The molecular weight excluding hydrogens is 544 g/mol. The molecule has 2 N–H and O–H groups in total. The highest BCUT2D eigenvalue weighted by Crippen LogP contribution is 2.64. The third-order valence-corrected chi connectivity index (χ3v) is 11.8. The third kappa shape index (κ3) is 4.52. The quantitative estimate of drug-likeness (QED) is 0.378. The first-order valence-corrected chi connectivity index (χ1v) is 17.2. The SMILES string of the molecule is CC(C)Cc1ccccc1CS(=O)(=O)N[C@H]1CC[C@@]2(O)[C@H]3Cc4cccc5c4[C@@]2(CCN3CCc2ccccc2)[C@H]1O5. The fourth-order valence-corrected chi connectivity index (χ4v) is 10.2. The Morgan fingerprint density at radius 2 is 1.76 bits per heavy atom. The second-order valence-corrected chi connectivity index (χ2v) is 15.1. The Hall–Kier alpha value is -2.71. The molecule has 0 amide bonds. The number of likely N-dealkylation sites (tertiary alicyclic amines) is 1. The van der Waals surface area contributed by atoms with Crippen LogP contribution in [0.4, 0.5) is 0 Å². The van der Waals surface area contributed by atoms with Crippen molar-refractivity contribution in [1.82, 2.24) is 9.62 Å². The molecule has 3 aromatic carbocycles. The summed E-state index contributed by atoms with van der Waals surface area (Å²) in [5.74, 6) is 1.21. The molecule has 6 nitrogen and oxygen atoms in total. The molecule has 2 aliphatic heterocycles. The van der Waals surface area contributed by atoms with Gasteiger partial charge in [0, 0.05) is 18.2 Å². The van der Waals surface area contributed by atoms with Crippen LogP contribution in [0.3, 0.4) is 0 Å². The number of nitrogens with one attached hydrogen (secondary N) is 1. The van der Waals surface area contributed by atoms with Gasteiger partial charge in [-0.15, -0.1) is 0 Å². The van der Waals surface area contributed by atoms with Crippen molar-refractivity contribution in [3.63, 3.8) is 0 Å². The monoisotopic (exact) mass is 586 g/mol. The van der Waals surface area contributed by atoms with Crippen LogP contribution >= 0.6 is 0 Å². The summed E-state index contributed by atoms with van der Waals surface area (Å²) < 4.78 is 37.2. The molecule has 4 aliphatic rings. The topological polar surface area (TPSA) is 78.9 Å². The van der Waals surface area contributed by atoms with Crippen LogP contribution in [-0.4, -0.2) is 55.3 Å². The number of hydrogen-bond acceptors (Lipinski definition) is 5. The molecule has 0 aromatic heterocycles. The summed E-state index contributed by atoms with van der Waals surface area (Å²) in [6.07, 6.45) is 3.97. The summed E-state index contributed by atoms with van der Waals surface area (Å²) in [7, 11) is -3.65. The average molecular weight is 587 g/mol. The standard InChI is InChI=1S/C35H42N2O4S/c1-24(2)21-26-11-6-7-12-28(26)23-42(39,40)36-29-15-17-35(38)31-22-27-13-8-14-30-32(27)34(35,33(29)41-30)18-20-37(31)19-16-25-9-4-3-5-10-25/h3-14,24,29,31,33,36,38H,15-23H2,1-2H3/t29-,31+,33-,34-,35+/m0/s1. The highest BCUT2D eigenvalue weighted by Gasteiger charge is 2.72. The highest BCUT2D eigenvalue weighted by atomic mass is 32.2. The van der Waals surface area contributed by atoms with Crippen molar-refractivity contribution in [3.05, 3.63) is 101 Å². The van der Waals surface area contributed by atoms with Crippen molar-refractivity contribution in [3.8, 4) is 5.75 Å². The summed E-state index contributed by atoms with van der Waals surface area (Å²) >= 11 is 0. The largest absolute Gasteiger partial charge is 0.487 e. The van der Waals surface area contributed by atoms with Crippen molar-refractivity contribution < 1.29 is 18.3 Å². The van der Waals surface area contributed by atoms with E-state index in [4.69, 9.17) is 4.74 Å². The van der Waals surface area contributed by atoms with E-state index < -0.39 is 33.2 Å². The van der Waals surface area contributed by atoms with E-state index in [1.54, 1.807) is 0 Å². The molecule has 42 heavy (non-hydrogen) atoms. The van der Waals surface area contributed by atoms with Crippen molar-refractivity contribution in [1.29, 1.82) is 0 Å². The first-order chi connectivity index (χ1) is 20.2. The number of sulfonamides is 1. The van der Waals surface area contributed by atoms with Gasteiger partial charge in [-0.05, 0) is 79.3 Å². The molecule has 0 radical (unpaired) electrons. The molecule has 2 fully saturated rings. The van der Waals surface area contributed by atoms with Gasteiger partial charge in [0.1, 0.15) is 11.9 Å². The molecule has 2 aliphatic carbocycles. The van der Waals surface area contributed by atoms with E-state index in [2.05, 4.69) is 53.8 Å². The minimum Gasteiger partial charge on any atom is -0.487 e. The first kappa shape index (κ1) is 28.1. The molecule has 1 saturated carbocycles. The van der Waals surface area contributed by atoms with Gasteiger partial charge in [-0.1, -0.05) is 80.6 Å². The Kier molecular flexibility index (Phi) is 7.01. The second kappa shape index (κ2) is 10.5. The zero-order valence-corrected chi connectivity index (χ0v) is 25.4. The van der Waals surface area contributed by atoms with Crippen LogP contribution in [0.2, 0.25) is 0 Å². The van der Waals surface area contributed by atoms with Gasteiger partial charge in [0.25, 0.3) is 0 Å². The van der Waals surface area contributed by atoms with Gasteiger partial charge in [0.05, 0.1) is 22.8 Å². The average Bonchev–Trinajstić information content (AvgIpc) is 3.30. The Morgan fingerprint density at radius 3 is 2.55 bits per heavy atom. The minimum absolute atomic E-state index is 0.0256. The fourth-order valence-electron chi connectivity index (χ4n) is 8.72. The van der Waals surface area contributed by atoms with E-state index in [0.717, 1.165) is 61.2 Å². The lowest BCUT2D eigenvalue weighted by Crippen LogP contribution is -2.78. The molecule has 3 aromatic rings. The van der Waals surface area contributed by atoms with Crippen molar-refractivity contribution in [2.24, 2.45) is 5.92 Å². The van der Waals surface area contributed by atoms with Gasteiger partial charge in [-0.2, -0.15) is 0 Å². The normalized spacial score (nSPS) is 29.8. The van der Waals surface area contributed by atoms with Crippen molar-refractivity contribution >= 4 is 10.0 Å². The molecule has 5 atom stereocenters. The minimum atomic E-state index is -3.65. The van der Waals surface area contributed by atoms with Crippen LogP contribution in [-0.2, 0) is 40.5 Å². The summed E-state index contributed by atoms with van der Waals surface area (Å²) in [5, 5.41) is 12.8. The Bertz CT molecular complexity index is 1570. The maximum absolute atomic E-state index is 13.7. The van der Waals surface area contributed by atoms with Crippen LogP contribution in [0, 0.1) is 5.92 Å². The third-order valence-electron chi connectivity index (χ3n) is 10.4. The molecule has 2 bridgehead atoms. The lowest BCUT2D eigenvalue weighted by Gasteiger charge is -2.64. The first-order valence-electron chi connectivity index (χ1n) is 15.6. The number of rotatable bonds is 9. The lowest BCUT2D eigenvalue weighted by molar-refractivity contribution is -0.189. The molecule has 222 valence electrons. The van der Waals surface area contributed by atoms with Gasteiger partial charge < -0.3 is 9.84 Å². The van der Waals surface area contributed by atoms with E-state index in [9.17, 15) is 13.5 Å². The van der Waals surface area contributed by atoms with Gasteiger partial charge >= 0.3 is 0 Å². The van der Waals surface area contributed by atoms with E-state index in [0.29, 0.717) is 18.8 Å². The summed E-state index contributed by atoms with van der Waals surface area (Å²) in [6, 6.07) is 24.2. The Balaban J connectivity index is 1.18. The summed E-state index contributed by atoms with van der Waals surface area (Å²) in [5.41, 5.74) is 4.01. The van der Waals surface area contributed by atoms with E-state index in [1.807, 2.05) is 42.5 Å². The van der Waals surface area contributed by atoms with E-state index >= 15 is 0 Å². The van der Waals surface area contributed by atoms with Crippen LogP contribution < -0.4 is 9.46 Å². The summed E-state index contributed by atoms with van der Waals surface area (Å²) in [6.45, 7) is 6.05. The van der Waals surface area contributed by atoms with Crippen LogP contribution in [0.15, 0.2) is 72.8 Å². The molecule has 2 heterocycles. The highest BCUT2D eigenvalue weighted by molar-refractivity contribution is 7.88. The van der Waals surface area contributed by atoms with Crippen LogP contribution in [0.1, 0.15) is 60.9 Å². The second-order valence-electron chi connectivity index (χ2n) is 13.4. The predicted octanol–water partition coefficient (Wildman–Crippen LogP) is 4.77. The number of ether oxygens (including phenoxy) is 1. The van der Waals surface area contributed by atoms with E-state index in [-0.39, 0.29) is 11.8 Å². The molecule has 1 saturated heterocycles.